The maximum Gasteiger partial charge on any atom is 0.253 e. The molecule has 6 heteroatoms. The fourth-order valence-electron chi connectivity index (χ4n) is 2.87. The first-order chi connectivity index (χ1) is 12.2. The van der Waals surface area contributed by atoms with Gasteiger partial charge in [0.05, 0.1) is 19.4 Å². The van der Waals surface area contributed by atoms with Crippen LogP contribution in [-0.2, 0) is 0 Å². The van der Waals surface area contributed by atoms with Crippen molar-refractivity contribution in [2.24, 2.45) is 0 Å². The Kier molecular flexibility index (Phi) is 5.50. The van der Waals surface area contributed by atoms with Crippen LogP contribution < -0.4 is 4.74 Å². The van der Waals surface area contributed by atoms with Crippen LogP contribution in [0.25, 0.3) is 0 Å². The molecule has 1 aromatic carbocycles. The van der Waals surface area contributed by atoms with Crippen LogP contribution >= 0.6 is 0 Å². The van der Waals surface area contributed by atoms with Gasteiger partial charge in [0, 0.05) is 31.7 Å². The summed E-state index contributed by atoms with van der Waals surface area (Å²) >= 11 is 0. The second-order valence-corrected chi connectivity index (χ2v) is 5.93. The second kappa shape index (κ2) is 7.98. The number of amides is 1. The van der Waals surface area contributed by atoms with E-state index in [1.54, 1.807) is 24.3 Å². The number of ketones is 1. The van der Waals surface area contributed by atoms with E-state index in [0.717, 1.165) is 5.75 Å². The monoisotopic (exact) mass is 342 g/mol. The molecular formula is C19H22N2O4. The van der Waals surface area contributed by atoms with Gasteiger partial charge in [-0.25, -0.2) is 0 Å². The second-order valence-electron chi connectivity index (χ2n) is 5.93. The average Bonchev–Trinajstić information content (AvgIpc) is 3.18. The zero-order valence-electron chi connectivity index (χ0n) is 14.3. The van der Waals surface area contributed by atoms with Crippen molar-refractivity contribution < 1.29 is 18.7 Å². The number of rotatable bonds is 6. The Labute approximate surface area is 147 Å². The Morgan fingerprint density at radius 2 is 1.80 bits per heavy atom. The third kappa shape index (κ3) is 4.28. The molecule has 1 aromatic heterocycles. The highest BCUT2D eigenvalue weighted by molar-refractivity contribution is 5.95. The molecule has 6 nitrogen and oxygen atoms in total. The van der Waals surface area contributed by atoms with Crippen LogP contribution in [0.5, 0.6) is 5.75 Å². The molecular weight excluding hydrogens is 320 g/mol. The topological polar surface area (TPSA) is 63.0 Å². The number of Topliss-reactive ketones (excluding diaryl/α,β-unsaturated/α-hetero) is 1. The number of ether oxygens (including phenoxy) is 1. The fourth-order valence-corrected chi connectivity index (χ4v) is 2.87. The molecule has 0 saturated carbocycles. The molecule has 1 amide bonds. The molecule has 25 heavy (non-hydrogen) atoms. The highest BCUT2D eigenvalue weighted by atomic mass is 16.5. The maximum absolute atomic E-state index is 12.6. The third-order valence-corrected chi connectivity index (χ3v) is 4.23. The molecule has 0 unspecified atom stereocenters. The van der Waals surface area contributed by atoms with Crippen LogP contribution in [0, 0.1) is 0 Å². The van der Waals surface area contributed by atoms with Crippen molar-refractivity contribution in [2.45, 2.75) is 6.92 Å². The van der Waals surface area contributed by atoms with E-state index in [2.05, 4.69) is 0 Å². The number of carbonyl (C=O) groups excluding carboxylic acids is 2. The lowest BCUT2D eigenvalue weighted by molar-refractivity contribution is 0.0620. The van der Waals surface area contributed by atoms with Crippen molar-refractivity contribution in [1.82, 2.24) is 9.80 Å². The van der Waals surface area contributed by atoms with E-state index in [0.29, 0.717) is 50.7 Å². The Bertz CT molecular complexity index is 702. The van der Waals surface area contributed by atoms with Crippen molar-refractivity contribution in [3.05, 3.63) is 54.0 Å². The summed E-state index contributed by atoms with van der Waals surface area (Å²) < 4.78 is 10.5. The minimum absolute atomic E-state index is 0.0139. The Morgan fingerprint density at radius 3 is 2.40 bits per heavy atom. The number of carbonyl (C=O) groups is 2. The first kappa shape index (κ1) is 17.2. The molecule has 0 atom stereocenters. The van der Waals surface area contributed by atoms with Crippen LogP contribution in [0.15, 0.2) is 47.1 Å². The molecule has 0 spiro atoms. The number of hydrogen-bond acceptors (Lipinski definition) is 5. The van der Waals surface area contributed by atoms with E-state index < -0.39 is 0 Å². The van der Waals surface area contributed by atoms with Crippen molar-refractivity contribution in [3.8, 4) is 5.75 Å². The third-order valence-electron chi connectivity index (χ3n) is 4.23. The molecule has 1 aliphatic heterocycles. The average molecular weight is 342 g/mol. The van der Waals surface area contributed by atoms with E-state index >= 15 is 0 Å². The lowest BCUT2D eigenvalue weighted by atomic mass is 10.1. The van der Waals surface area contributed by atoms with Gasteiger partial charge in [0.15, 0.2) is 5.76 Å². The Morgan fingerprint density at radius 1 is 1.08 bits per heavy atom. The molecule has 132 valence electrons. The van der Waals surface area contributed by atoms with Gasteiger partial charge in [0.2, 0.25) is 5.78 Å². The predicted octanol–water partition coefficient (Wildman–Crippen LogP) is 2.32. The smallest absolute Gasteiger partial charge is 0.253 e. The predicted molar refractivity (Wildman–Crippen MR) is 93.0 cm³/mol. The maximum atomic E-state index is 12.6. The molecule has 3 rings (SSSR count). The molecule has 1 fully saturated rings. The highest BCUT2D eigenvalue weighted by Crippen LogP contribution is 2.15. The van der Waals surface area contributed by atoms with Gasteiger partial charge >= 0.3 is 0 Å². The molecule has 0 N–H and O–H groups in total. The molecule has 2 heterocycles. The summed E-state index contributed by atoms with van der Waals surface area (Å²) in [7, 11) is 0. The SMILES string of the molecule is CCOc1ccc(C(=O)N2CCN(CC(=O)c3ccco3)CC2)cc1. The minimum atomic E-state index is -0.0312. The highest BCUT2D eigenvalue weighted by Gasteiger charge is 2.24. The van der Waals surface area contributed by atoms with Crippen LogP contribution in [-0.4, -0.2) is 60.8 Å². The molecule has 2 aromatic rings. The number of furan rings is 1. The summed E-state index contributed by atoms with van der Waals surface area (Å²) in [6.45, 7) is 5.42. The summed E-state index contributed by atoms with van der Waals surface area (Å²) in [6.07, 6.45) is 1.50. The summed E-state index contributed by atoms with van der Waals surface area (Å²) in [5, 5.41) is 0. The van der Waals surface area contributed by atoms with Gasteiger partial charge < -0.3 is 14.1 Å². The number of nitrogens with zero attached hydrogens (tertiary/aromatic N) is 2. The Balaban J connectivity index is 1.51. The van der Waals surface area contributed by atoms with Crippen LogP contribution in [0.1, 0.15) is 27.8 Å². The number of benzene rings is 1. The van der Waals surface area contributed by atoms with Crippen molar-refractivity contribution in [3.63, 3.8) is 0 Å². The fraction of sp³-hybridized carbons (Fsp3) is 0.368. The zero-order chi connectivity index (χ0) is 17.6. The van der Waals surface area contributed by atoms with Gasteiger partial charge in [-0.3, -0.25) is 14.5 Å². The minimum Gasteiger partial charge on any atom is -0.494 e. The summed E-state index contributed by atoms with van der Waals surface area (Å²) in [5.74, 6) is 1.13. The first-order valence-electron chi connectivity index (χ1n) is 8.48. The number of hydrogen-bond donors (Lipinski definition) is 0. The standard InChI is InChI=1S/C19H22N2O4/c1-2-24-16-7-5-15(6-8-16)19(23)21-11-9-20(10-12-21)14-17(22)18-4-3-13-25-18/h3-8,13H,2,9-12,14H2,1H3. The number of piperazine rings is 1. The van der Waals surface area contributed by atoms with E-state index in [1.807, 2.05) is 28.9 Å². The van der Waals surface area contributed by atoms with Gasteiger partial charge in [0.1, 0.15) is 5.75 Å². The van der Waals surface area contributed by atoms with Crippen LogP contribution in [0.3, 0.4) is 0 Å². The van der Waals surface area contributed by atoms with Crippen molar-refractivity contribution >= 4 is 11.7 Å². The normalized spacial score (nSPS) is 15.2. The molecule has 1 saturated heterocycles. The lowest BCUT2D eigenvalue weighted by Gasteiger charge is -2.34. The van der Waals surface area contributed by atoms with Crippen molar-refractivity contribution in [1.29, 1.82) is 0 Å². The van der Waals surface area contributed by atoms with E-state index in [-0.39, 0.29) is 11.7 Å². The van der Waals surface area contributed by atoms with Gasteiger partial charge in [-0.1, -0.05) is 0 Å². The quantitative estimate of drug-likeness (QED) is 0.754. The van der Waals surface area contributed by atoms with Gasteiger partial charge in [-0.05, 0) is 43.3 Å². The molecule has 1 aliphatic rings. The molecule has 0 radical (unpaired) electrons. The first-order valence-corrected chi connectivity index (χ1v) is 8.48. The summed E-state index contributed by atoms with van der Waals surface area (Å²) in [4.78, 5) is 28.5. The lowest BCUT2D eigenvalue weighted by Crippen LogP contribution is -2.49. The summed E-state index contributed by atoms with van der Waals surface area (Å²) in [6, 6.07) is 10.6. The van der Waals surface area contributed by atoms with Gasteiger partial charge in [-0.2, -0.15) is 0 Å². The van der Waals surface area contributed by atoms with Gasteiger partial charge in [-0.15, -0.1) is 0 Å². The van der Waals surface area contributed by atoms with E-state index in [9.17, 15) is 9.59 Å². The largest absolute Gasteiger partial charge is 0.494 e. The Hall–Kier alpha value is -2.60. The van der Waals surface area contributed by atoms with Gasteiger partial charge in [0.25, 0.3) is 5.91 Å². The van der Waals surface area contributed by atoms with Crippen LogP contribution in [0.4, 0.5) is 0 Å². The molecule has 0 bridgehead atoms. The van der Waals surface area contributed by atoms with E-state index in [4.69, 9.17) is 9.15 Å². The zero-order valence-corrected chi connectivity index (χ0v) is 14.3. The summed E-state index contributed by atoms with van der Waals surface area (Å²) in [5.41, 5.74) is 0.656. The molecule has 0 aliphatic carbocycles. The van der Waals surface area contributed by atoms with Crippen molar-refractivity contribution in [2.75, 3.05) is 39.3 Å². The van der Waals surface area contributed by atoms with E-state index in [1.165, 1.54) is 6.26 Å². The van der Waals surface area contributed by atoms with Crippen LogP contribution in [0.2, 0.25) is 0 Å².